The normalized spacial score (nSPS) is 15.2. The Hall–Kier alpha value is -3.43. The Morgan fingerprint density at radius 3 is 2.46 bits per heavy atom. The third-order valence-electron chi connectivity index (χ3n) is 5.52. The summed E-state index contributed by atoms with van der Waals surface area (Å²) in [5.74, 6) is 0. The van der Waals surface area contributed by atoms with Crippen molar-refractivity contribution in [2.24, 2.45) is 0 Å². The molecule has 6 nitrogen and oxygen atoms in total. The van der Waals surface area contributed by atoms with Crippen molar-refractivity contribution < 1.29 is 0 Å². The van der Waals surface area contributed by atoms with E-state index in [-0.39, 0.29) is 0 Å². The van der Waals surface area contributed by atoms with Gasteiger partial charge in [0.05, 0.1) is 11.7 Å². The number of benzene rings is 1. The summed E-state index contributed by atoms with van der Waals surface area (Å²) in [4.78, 5) is 16.8. The number of rotatable bonds is 2. The molecule has 0 aliphatic carbocycles. The largest absolute Gasteiger partial charge is 0.369 e. The van der Waals surface area contributed by atoms with E-state index in [0.29, 0.717) is 5.69 Å². The van der Waals surface area contributed by atoms with E-state index in [2.05, 4.69) is 68.2 Å². The number of H-pyrrole nitrogens is 1. The Bertz CT molecular complexity index is 1190. The topological polar surface area (TPSA) is 71.8 Å². The lowest BCUT2D eigenvalue weighted by atomic mass is 10.0. The first-order valence-corrected chi connectivity index (χ1v) is 9.43. The average molecular weight is 368 g/mol. The van der Waals surface area contributed by atoms with Gasteiger partial charge in [0.15, 0.2) is 0 Å². The molecule has 0 unspecified atom stereocenters. The van der Waals surface area contributed by atoms with Crippen molar-refractivity contribution >= 4 is 27.6 Å². The van der Waals surface area contributed by atoms with Gasteiger partial charge in [-0.2, -0.15) is 5.26 Å². The molecule has 0 saturated carbocycles. The molecule has 1 aliphatic heterocycles. The molecule has 1 fully saturated rings. The first-order valence-electron chi connectivity index (χ1n) is 9.43. The van der Waals surface area contributed by atoms with Gasteiger partial charge in [0.25, 0.3) is 0 Å². The van der Waals surface area contributed by atoms with Crippen LogP contribution in [-0.4, -0.2) is 53.1 Å². The zero-order chi connectivity index (χ0) is 19.1. The van der Waals surface area contributed by atoms with Crippen molar-refractivity contribution in [3.8, 4) is 17.2 Å². The molecular weight excluding hydrogens is 348 g/mol. The van der Waals surface area contributed by atoms with Crippen LogP contribution >= 0.6 is 0 Å². The molecule has 0 radical (unpaired) electrons. The number of fused-ring (bicyclic) bond motifs is 3. The van der Waals surface area contributed by atoms with E-state index in [4.69, 9.17) is 5.26 Å². The summed E-state index contributed by atoms with van der Waals surface area (Å²) >= 11 is 0. The van der Waals surface area contributed by atoms with Crippen LogP contribution in [0, 0.1) is 11.3 Å². The van der Waals surface area contributed by atoms with Crippen LogP contribution in [0.25, 0.3) is 33.1 Å². The minimum absolute atomic E-state index is 0.412. The van der Waals surface area contributed by atoms with E-state index < -0.39 is 0 Å². The second-order valence-corrected chi connectivity index (χ2v) is 7.31. The fourth-order valence-electron chi connectivity index (χ4n) is 3.82. The Morgan fingerprint density at radius 1 is 0.929 bits per heavy atom. The third-order valence-corrected chi connectivity index (χ3v) is 5.52. The van der Waals surface area contributed by atoms with E-state index in [1.165, 1.54) is 5.69 Å². The molecule has 28 heavy (non-hydrogen) atoms. The Morgan fingerprint density at radius 2 is 1.71 bits per heavy atom. The van der Waals surface area contributed by atoms with Gasteiger partial charge in [-0.05, 0) is 36.9 Å². The predicted molar refractivity (Wildman–Crippen MR) is 111 cm³/mol. The van der Waals surface area contributed by atoms with Crippen LogP contribution in [0.15, 0.2) is 48.8 Å². The highest BCUT2D eigenvalue weighted by Crippen LogP contribution is 2.29. The summed E-state index contributed by atoms with van der Waals surface area (Å²) in [6, 6.07) is 14.8. The van der Waals surface area contributed by atoms with Crippen molar-refractivity contribution in [3.05, 3.63) is 54.5 Å². The lowest BCUT2D eigenvalue weighted by Crippen LogP contribution is -2.44. The molecule has 5 rings (SSSR count). The van der Waals surface area contributed by atoms with Crippen molar-refractivity contribution in [1.82, 2.24) is 19.9 Å². The molecule has 1 N–H and O–H groups in total. The number of aromatic amines is 1. The molecule has 6 heteroatoms. The zero-order valence-electron chi connectivity index (χ0n) is 15.7. The summed E-state index contributed by atoms with van der Waals surface area (Å²) in [5.41, 5.74) is 5.58. The molecule has 0 atom stereocenters. The molecule has 1 saturated heterocycles. The van der Waals surface area contributed by atoms with Crippen molar-refractivity contribution in [2.75, 3.05) is 38.1 Å². The minimum Gasteiger partial charge on any atom is -0.369 e. The molecule has 4 aromatic rings. The quantitative estimate of drug-likeness (QED) is 0.587. The van der Waals surface area contributed by atoms with Crippen molar-refractivity contribution in [1.29, 1.82) is 5.26 Å². The maximum Gasteiger partial charge on any atom is 0.141 e. The number of likely N-dealkylation sites (N-methyl/N-ethyl adjacent to an activating group) is 1. The number of aromatic nitrogens is 3. The van der Waals surface area contributed by atoms with Gasteiger partial charge in [0.1, 0.15) is 17.4 Å². The lowest BCUT2D eigenvalue weighted by molar-refractivity contribution is 0.313. The smallest absolute Gasteiger partial charge is 0.141 e. The van der Waals surface area contributed by atoms with Gasteiger partial charge >= 0.3 is 0 Å². The third kappa shape index (κ3) is 2.86. The monoisotopic (exact) mass is 368 g/mol. The zero-order valence-corrected chi connectivity index (χ0v) is 15.7. The number of nitrogens with zero attached hydrogens (tertiary/aromatic N) is 5. The Kier molecular flexibility index (Phi) is 3.96. The molecule has 1 aliphatic rings. The Balaban J connectivity index is 1.50. The number of pyridine rings is 2. The van der Waals surface area contributed by atoms with Crippen molar-refractivity contribution in [2.45, 2.75) is 0 Å². The van der Waals surface area contributed by atoms with Crippen LogP contribution < -0.4 is 4.90 Å². The SMILES string of the molecule is CN1CCN(c2ccc(-c3cnc4[nH]c5cnc(C#N)cc5c4c3)cc2)CC1. The van der Waals surface area contributed by atoms with Crippen LogP contribution in [0.4, 0.5) is 5.69 Å². The molecule has 1 aromatic carbocycles. The predicted octanol–water partition coefficient (Wildman–Crippen LogP) is 3.40. The summed E-state index contributed by atoms with van der Waals surface area (Å²) < 4.78 is 0. The minimum atomic E-state index is 0.412. The first kappa shape index (κ1) is 16.7. The van der Waals surface area contributed by atoms with Gasteiger partial charge in [0, 0.05) is 54.4 Å². The second kappa shape index (κ2) is 6.63. The van der Waals surface area contributed by atoms with E-state index in [9.17, 15) is 0 Å². The molecule has 0 spiro atoms. The van der Waals surface area contributed by atoms with Crippen LogP contribution in [-0.2, 0) is 0 Å². The molecular formula is C22H20N6. The molecule has 3 aromatic heterocycles. The van der Waals surface area contributed by atoms with Crippen LogP contribution in [0.5, 0.6) is 0 Å². The molecule has 138 valence electrons. The van der Waals surface area contributed by atoms with E-state index in [1.807, 2.05) is 12.3 Å². The maximum atomic E-state index is 9.14. The highest BCUT2D eigenvalue weighted by Gasteiger charge is 2.14. The van der Waals surface area contributed by atoms with Gasteiger partial charge in [0.2, 0.25) is 0 Å². The first-order chi connectivity index (χ1) is 13.7. The molecule has 0 bridgehead atoms. The number of piperazine rings is 1. The number of hydrogen-bond acceptors (Lipinski definition) is 5. The summed E-state index contributed by atoms with van der Waals surface area (Å²) in [6.07, 6.45) is 3.58. The highest BCUT2D eigenvalue weighted by molar-refractivity contribution is 6.07. The van der Waals surface area contributed by atoms with Crippen LogP contribution in [0.1, 0.15) is 5.69 Å². The number of anilines is 1. The number of nitrogens with one attached hydrogen (secondary N) is 1. The van der Waals surface area contributed by atoms with Crippen LogP contribution in [0.3, 0.4) is 0 Å². The van der Waals surface area contributed by atoms with Crippen LogP contribution in [0.2, 0.25) is 0 Å². The Labute approximate surface area is 163 Å². The molecule has 4 heterocycles. The van der Waals surface area contributed by atoms with E-state index in [0.717, 1.165) is 59.2 Å². The summed E-state index contributed by atoms with van der Waals surface area (Å²) in [6.45, 7) is 4.33. The summed E-state index contributed by atoms with van der Waals surface area (Å²) in [7, 11) is 2.17. The lowest BCUT2D eigenvalue weighted by Gasteiger charge is -2.34. The fraction of sp³-hybridized carbons (Fsp3) is 0.227. The van der Waals surface area contributed by atoms with Gasteiger partial charge in [-0.3, -0.25) is 0 Å². The fourth-order valence-corrected chi connectivity index (χ4v) is 3.82. The number of nitriles is 1. The highest BCUT2D eigenvalue weighted by atomic mass is 15.2. The van der Waals surface area contributed by atoms with E-state index >= 15 is 0 Å². The van der Waals surface area contributed by atoms with Gasteiger partial charge in [-0.1, -0.05) is 12.1 Å². The maximum absolute atomic E-state index is 9.14. The molecule has 0 amide bonds. The van der Waals surface area contributed by atoms with E-state index in [1.54, 1.807) is 6.20 Å². The second-order valence-electron chi connectivity index (χ2n) is 7.31. The van der Waals surface area contributed by atoms with Gasteiger partial charge in [-0.25, -0.2) is 9.97 Å². The number of hydrogen-bond donors (Lipinski definition) is 1. The van der Waals surface area contributed by atoms with Gasteiger partial charge < -0.3 is 14.8 Å². The van der Waals surface area contributed by atoms with Crippen molar-refractivity contribution in [3.63, 3.8) is 0 Å². The average Bonchev–Trinajstić information content (AvgIpc) is 3.11. The van der Waals surface area contributed by atoms with Gasteiger partial charge in [-0.15, -0.1) is 0 Å². The summed E-state index contributed by atoms with van der Waals surface area (Å²) in [5, 5.41) is 11.1. The standard InChI is InChI=1S/C22H20N6/c1-27-6-8-28(9-7-27)18-4-2-15(3-5-18)16-10-20-19-11-17(12-23)24-14-21(19)26-22(20)25-13-16/h2-5,10-11,13-14H,6-9H2,1H3,(H,25,26).